The van der Waals surface area contributed by atoms with Crippen molar-refractivity contribution >= 4 is 5.95 Å². The summed E-state index contributed by atoms with van der Waals surface area (Å²) in [5.74, 6) is 0.562. The zero-order valence-electron chi connectivity index (χ0n) is 13.1. The fourth-order valence-electron chi connectivity index (χ4n) is 2.94. The average Bonchev–Trinajstić information content (AvgIpc) is 2.51. The average molecular weight is 287 g/mol. The number of hydrogen-bond acceptors (Lipinski definition) is 5. The second kappa shape index (κ2) is 7.94. The Balaban J connectivity index is 1.72. The highest BCUT2D eigenvalue weighted by Gasteiger charge is 2.17. The van der Waals surface area contributed by atoms with Gasteiger partial charge in [-0.3, -0.25) is 0 Å². The third-order valence-corrected chi connectivity index (χ3v) is 4.14. The predicted molar refractivity (Wildman–Crippen MR) is 84.1 cm³/mol. The third-order valence-electron chi connectivity index (χ3n) is 4.14. The molecule has 5 heteroatoms. The van der Waals surface area contributed by atoms with E-state index in [-0.39, 0.29) is 0 Å². The van der Waals surface area contributed by atoms with Crippen molar-refractivity contribution in [2.75, 3.05) is 25.5 Å². The summed E-state index contributed by atoms with van der Waals surface area (Å²) in [5.41, 5.74) is 1.24. The highest BCUT2D eigenvalue weighted by Crippen LogP contribution is 2.21. The third kappa shape index (κ3) is 4.98. The molecule has 0 atom stereocenters. The second-order valence-corrected chi connectivity index (χ2v) is 5.88. The molecule has 1 aliphatic carbocycles. The van der Waals surface area contributed by atoms with Gasteiger partial charge in [-0.2, -0.15) is 5.26 Å². The Morgan fingerprint density at radius 3 is 2.81 bits per heavy atom. The van der Waals surface area contributed by atoms with Gasteiger partial charge in [0.1, 0.15) is 11.8 Å². The van der Waals surface area contributed by atoms with Crippen LogP contribution in [0.2, 0.25) is 0 Å². The number of anilines is 1. The lowest BCUT2D eigenvalue weighted by molar-refractivity contribution is 0.191. The molecular formula is C16H25N5. The van der Waals surface area contributed by atoms with E-state index in [2.05, 4.69) is 33.3 Å². The normalized spacial score (nSPS) is 15.9. The van der Waals surface area contributed by atoms with Crippen molar-refractivity contribution in [3.8, 4) is 6.07 Å². The van der Waals surface area contributed by atoms with Gasteiger partial charge in [0.25, 0.3) is 0 Å². The minimum atomic E-state index is 0.421. The summed E-state index contributed by atoms with van der Waals surface area (Å²) in [5, 5.41) is 12.1. The minimum Gasteiger partial charge on any atom is -0.354 e. The first-order chi connectivity index (χ1) is 10.2. The summed E-state index contributed by atoms with van der Waals surface area (Å²) in [6.07, 6.45) is 7.90. The van der Waals surface area contributed by atoms with Crippen molar-refractivity contribution in [1.29, 1.82) is 5.26 Å². The molecule has 0 amide bonds. The van der Waals surface area contributed by atoms with Gasteiger partial charge in [0.05, 0.1) is 0 Å². The van der Waals surface area contributed by atoms with Crippen molar-refractivity contribution < 1.29 is 0 Å². The van der Waals surface area contributed by atoms with E-state index in [4.69, 9.17) is 5.26 Å². The van der Waals surface area contributed by atoms with Crippen LogP contribution in [0.15, 0.2) is 6.07 Å². The number of nitrogens with zero attached hydrogens (tertiary/aromatic N) is 4. The molecule has 0 aromatic carbocycles. The maximum atomic E-state index is 8.90. The molecule has 114 valence electrons. The van der Waals surface area contributed by atoms with Crippen LogP contribution in [0.1, 0.15) is 49.9 Å². The smallest absolute Gasteiger partial charge is 0.224 e. The molecule has 0 radical (unpaired) electrons. The van der Waals surface area contributed by atoms with E-state index in [1.54, 1.807) is 6.07 Å². The van der Waals surface area contributed by atoms with Gasteiger partial charge >= 0.3 is 0 Å². The first-order valence-corrected chi connectivity index (χ1v) is 7.89. The standard InChI is InChI=1S/C16H25N5/c1-13-11-14(12-17)20-16(19-13)18-9-6-10-21(2)15-7-4-3-5-8-15/h11,15H,3-10H2,1-2H3,(H,18,19,20). The number of aryl methyl sites for hydroxylation is 1. The van der Waals surface area contributed by atoms with Crippen LogP contribution in [-0.2, 0) is 0 Å². The van der Waals surface area contributed by atoms with Gasteiger partial charge < -0.3 is 10.2 Å². The van der Waals surface area contributed by atoms with Gasteiger partial charge in [0.2, 0.25) is 5.95 Å². The van der Waals surface area contributed by atoms with Gasteiger partial charge in [0.15, 0.2) is 0 Å². The van der Waals surface area contributed by atoms with Crippen molar-refractivity contribution in [3.63, 3.8) is 0 Å². The summed E-state index contributed by atoms with van der Waals surface area (Å²) in [6.45, 7) is 3.81. The van der Waals surface area contributed by atoms with Crippen LogP contribution in [0.5, 0.6) is 0 Å². The number of rotatable bonds is 6. The van der Waals surface area contributed by atoms with Gasteiger partial charge in [-0.1, -0.05) is 19.3 Å². The minimum absolute atomic E-state index is 0.421. The Morgan fingerprint density at radius 2 is 2.10 bits per heavy atom. The second-order valence-electron chi connectivity index (χ2n) is 5.88. The topological polar surface area (TPSA) is 64.8 Å². The molecule has 0 saturated heterocycles. The van der Waals surface area contributed by atoms with Crippen LogP contribution >= 0.6 is 0 Å². The number of hydrogen-bond donors (Lipinski definition) is 1. The Bertz CT molecular complexity index is 488. The first-order valence-electron chi connectivity index (χ1n) is 7.89. The Kier molecular flexibility index (Phi) is 5.94. The largest absolute Gasteiger partial charge is 0.354 e. The zero-order valence-corrected chi connectivity index (χ0v) is 13.1. The molecule has 2 rings (SSSR count). The highest BCUT2D eigenvalue weighted by molar-refractivity contribution is 5.32. The van der Waals surface area contributed by atoms with Crippen molar-refractivity contribution in [2.45, 2.75) is 51.5 Å². The molecule has 1 aliphatic rings. The summed E-state index contributed by atoms with van der Waals surface area (Å²) in [6, 6.07) is 4.52. The lowest BCUT2D eigenvalue weighted by Crippen LogP contribution is -2.34. The zero-order chi connectivity index (χ0) is 15.1. The van der Waals surface area contributed by atoms with Crippen molar-refractivity contribution in [1.82, 2.24) is 14.9 Å². The van der Waals surface area contributed by atoms with Gasteiger partial charge in [-0.25, -0.2) is 9.97 Å². The summed E-state index contributed by atoms with van der Waals surface area (Å²) >= 11 is 0. The van der Waals surface area contributed by atoms with Gasteiger partial charge in [-0.05, 0) is 45.8 Å². The molecule has 0 spiro atoms. The molecule has 1 N–H and O–H groups in total. The van der Waals surface area contributed by atoms with Crippen LogP contribution < -0.4 is 5.32 Å². The van der Waals surface area contributed by atoms with E-state index < -0.39 is 0 Å². The first kappa shape index (κ1) is 15.7. The van der Waals surface area contributed by atoms with Crippen LogP contribution in [0.3, 0.4) is 0 Å². The maximum Gasteiger partial charge on any atom is 0.224 e. The SMILES string of the molecule is Cc1cc(C#N)nc(NCCCN(C)C2CCCCC2)n1. The maximum absolute atomic E-state index is 8.90. The Hall–Kier alpha value is -1.67. The van der Waals surface area contributed by atoms with E-state index >= 15 is 0 Å². The molecule has 1 heterocycles. The monoisotopic (exact) mass is 287 g/mol. The molecular weight excluding hydrogens is 262 g/mol. The molecule has 5 nitrogen and oxygen atoms in total. The number of aromatic nitrogens is 2. The van der Waals surface area contributed by atoms with Gasteiger partial charge in [-0.15, -0.1) is 0 Å². The van der Waals surface area contributed by atoms with E-state index in [0.717, 1.165) is 31.2 Å². The quantitative estimate of drug-likeness (QED) is 0.815. The van der Waals surface area contributed by atoms with Crippen LogP contribution in [0, 0.1) is 18.3 Å². The molecule has 0 bridgehead atoms. The summed E-state index contributed by atoms with van der Waals surface area (Å²) in [4.78, 5) is 10.9. The van der Waals surface area contributed by atoms with E-state index in [9.17, 15) is 0 Å². The molecule has 1 saturated carbocycles. The fourth-order valence-corrected chi connectivity index (χ4v) is 2.94. The number of nitrogens with one attached hydrogen (secondary N) is 1. The molecule has 1 aromatic rings. The van der Waals surface area contributed by atoms with Crippen LogP contribution in [-0.4, -0.2) is 41.0 Å². The van der Waals surface area contributed by atoms with E-state index in [1.807, 2.05) is 6.92 Å². The Labute approximate surface area is 127 Å². The molecule has 1 aromatic heterocycles. The molecule has 0 aliphatic heterocycles. The van der Waals surface area contributed by atoms with Crippen LogP contribution in [0.25, 0.3) is 0 Å². The lowest BCUT2D eigenvalue weighted by Gasteiger charge is -2.31. The fraction of sp³-hybridized carbons (Fsp3) is 0.688. The Morgan fingerprint density at radius 1 is 1.33 bits per heavy atom. The van der Waals surface area contributed by atoms with Crippen LogP contribution in [0.4, 0.5) is 5.95 Å². The summed E-state index contributed by atoms with van der Waals surface area (Å²) < 4.78 is 0. The number of nitriles is 1. The highest BCUT2D eigenvalue weighted by atomic mass is 15.1. The summed E-state index contributed by atoms with van der Waals surface area (Å²) in [7, 11) is 2.23. The van der Waals surface area contributed by atoms with Crippen molar-refractivity contribution in [3.05, 3.63) is 17.5 Å². The predicted octanol–water partition coefficient (Wildman–Crippen LogP) is 2.72. The van der Waals surface area contributed by atoms with E-state index in [0.29, 0.717) is 11.6 Å². The lowest BCUT2D eigenvalue weighted by atomic mass is 9.94. The molecule has 0 unspecified atom stereocenters. The molecule has 21 heavy (non-hydrogen) atoms. The van der Waals surface area contributed by atoms with Crippen molar-refractivity contribution in [2.24, 2.45) is 0 Å². The molecule has 1 fully saturated rings. The van der Waals surface area contributed by atoms with E-state index in [1.165, 1.54) is 32.1 Å². The van der Waals surface area contributed by atoms with Gasteiger partial charge in [0, 0.05) is 18.3 Å².